The molecule has 0 spiro atoms. The molecule has 1 aliphatic rings. The Bertz CT molecular complexity index is 1560. The summed E-state index contributed by atoms with van der Waals surface area (Å²) >= 11 is 0. The summed E-state index contributed by atoms with van der Waals surface area (Å²) < 4.78 is 22.3. The van der Waals surface area contributed by atoms with Crippen molar-refractivity contribution in [2.75, 3.05) is 20.8 Å². The lowest BCUT2D eigenvalue weighted by atomic mass is 9.97. The zero-order valence-electron chi connectivity index (χ0n) is 20.8. The van der Waals surface area contributed by atoms with E-state index in [9.17, 15) is 9.59 Å². The third kappa shape index (κ3) is 3.31. The molecule has 1 atom stereocenters. The SMILES string of the molecule is COc1ccc(C2OCC(C)(C)n3c(-c4ccccc4)c4c(=O)n(C)c(=O)n(C)c4c32)cc1OC. The van der Waals surface area contributed by atoms with Crippen LogP contribution in [0.3, 0.4) is 0 Å². The molecule has 3 heterocycles. The highest BCUT2D eigenvalue weighted by atomic mass is 16.5. The van der Waals surface area contributed by atoms with E-state index in [1.807, 2.05) is 48.5 Å². The minimum atomic E-state index is -0.527. The standard InChI is InChI=1S/C27H29N3O5/c1-27(2)15-35-24(17-12-13-18(33-5)19(14-17)34-6)23-22-20(25(31)29(4)26(32)28(22)3)21(30(23)27)16-10-8-7-9-11-16/h7-14,24H,15H2,1-6H3. The van der Waals surface area contributed by atoms with Crippen LogP contribution in [0.4, 0.5) is 0 Å². The monoisotopic (exact) mass is 475 g/mol. The zero-order chi connectivity index (χ0) is 25.1. The Balaban J connectivity index is 1.96. The van der Waals surface area contributed by atoms with Gasteiger partial charge in [-0.05, 0) is 37.1 Å². The van der Waals surface area contributed by atoms with Gasteiger partial charge in [-0.3, -0.25) is 13.9 Å². The van der Waals surface area contributed by atoms with Gasteiger partial charge in [0.25, 0.3) is 5.56 Å². The summed E-state index contributed by atoms with van der Waals surface area (Å²) in [5.41, 5.74) is 2.67. The van der Waals surface area contributed by atoms with E-state index in [2.05, 4.69) is 18.4 Å². The Morgan fingerprint density at radius 1 is 0.943 bits per heavy atom. The molecule has 0 radical (unpaired) electrons. The van der Waals surface area contributed by atoms with Gasteiger partial charge in [0.1, 0.15) is 6.10 Å². The van der Waals surface area contributed by atoms with E-state index in [1.165, 1.54) is 11.6 Å². The molecule has 8 nitrogen and oxygen atoms in total. The molecule has 0 fully saturated rings. The highest BCUT2D eigenvalue weighted by Gasteiger charge is 2.40. The van der Waals surface area contributed by atoms with Crippen molar-refractivity contribution in [3.8, 4) is 22.8 Å². The second-order valence-electron chi connectivity index (χ2n) is 9.48. The number of aryl methyl sites for hydroxylation is 1. The van der Waals surface area contributed by atoms with Crippen molar-refractivity contribution >= 4 is 10.9 Å². The molecule has 5 rings (SSSR count). The van der Waals surface area contributed by atoms with Gasteiger partial charge in [0.05, 0.1) is 48.7 Å². The maximum atomic E-state index is 13.6. The molecule has 1 aliphatic heterocycles. The number of benzene rings is 2. The average Bonchev–Trinajstić information content (AvgIpc) is 3.24. The van der Waals surface area contributed by atoms with E-state index in [1.54, 1.807) is 25.8 Å². The molecular formula is C27H29N3O5. The van der Waals surface area contributed by atoms with Gasteiger partial charge in [-0.1, -0.05) is 36.4 Å². The number of aromatic nitrogens is 3. The van der Waals surface area contributed by atoms with Gasteiger partial charge in [0.15, 0.2) is 11.5 Å². The topological polar surface area (TPSA) is 76.6 Å². The van der Waals surface area contributed by atoms with Crippen molar-refractivity contribution in [3.63, 3.8) is 0 Å². The molecule has 0 aliphatic carbocycles. The molecule has 2 aromatic carbocycles. The summed E-state index contributed by atoms with van der Waals surface area (Å²) in [6.45, 7) is 4.57. The summed E-state index contributed by atoms with van der Waals surface area (Å²) in [5.74, 6) is 1.19. The number of methoxy groups -OCH3 is 2. The van der Waals surface area contributed by atoms with Gasteiger partial charge in [0.2, 0.25) is 0 Å². The first-order valence-electron chi connectivity index (χ1n) is 11.4. The van der Waals surface area contributed by atoms with Crippen LogP contribution in [-0.4, -0.2) is 34.5 Å². The molecule has 2 aromatic heterocycles. The van der Waals surface area contributed by atoms with E-state index in [0.717, 1.165) is 22.5 Å². The molecule has 0 saturated heterocycles. The van der Waals surface area contributed by atoms with Gasteiger partial charge in [-0.15, -0.1) is 0 Å². The first kappa shape index (κ1) is 23.0. The normalized spacial score (nSPS) is 16.8. The second kappa shape index (κ2) is 8.16. The summed E-state index contributed by atoms with van der Waals surface area (Å²) in [4.78, 5) is 26.7. The largest absolute Gasteiger partial charge is 0.493 e. The third-order valence-corrected chi connectivity index (χ3v) is 6.82. The Kier molecular flexibility index (Phi) is 5.36. The minimum absolute atomic E-state index is 0.328. The molecule has 1 unspecified atom stereocenters. The van der Waals surface area contributed by atoms with E-state index in [4.69, 9.17) is 14.2 Å². The fourth-order valence-corrected chi connectivity index (χ4v) is 5.14. The fourth-order valence-electron chi connectivity index (χ4n) is 5.14. The molecular weight excluding hydrogens is 446 g/mol. The summed E-state index contributed by atoms with van der Waals surface area (Å²) in [6, 6.07) is 15.5. The number of hydrogen-bond donors (Lipinski definition) is 0. The van der Waals surface area contributed by atoms with Crippen LogP contribution in [0.5, 0.6) is 11.5 Å². The van der Waals surface area contributed by atoms with Crippen LogP contribution in [0.15, 0.2) is 58.1 Å². The molecule has 0 saturated carbocycles. The fraction of sp³-hybridized carbons (Fsp3) is 0.333. The molecule has 35 heavy (non-hydrogen) atoms. The lowest BCUT2D eigenvalue weighted by Gasteiger charge is -2.39. The first-order chi connectivity index (χ1) is 16.7. The van der Waals surface area contributed by atoms with E-state index in [0.29, 0.717) is 29.0 Å². The van der Waals surface area contributed by atoms with Gasteiger partial charge in [0, 0.05) is 14.1 Å². The molecule has 0 bridgehead atoms. The molecule has 0 N–H and O–H groups in total. The smallest absolute Gasteiger partial charge is 0.331 e. The number of nitrogens with zero attached hydrogens (tertiary/aromatic N) is 3. The predicted molar refractivity (Wildman–Crippen MR) is 135 cm³/mol. The highest BCUT2D eigenvalue weighted by Crippen LogP contribution is 2.46. The summed E-state index contributed by atoms with van der Waals surface area (Å²) in [6.07, 6.45) is -0.527. The van der Waals surface area contributed by atoms with E-state index < -0.39 is 11.6 Å². The Morgan fingerprint density at radius 2 is 1.63 bits per heavy atom. The van der Waals surface area contributed by atoms with Crippen LogP contribution >= 0.6 is 0 Å². The van der Waals surface area contributed by atoms with Crippen LogP contribution in [-0.2, 0) is 24.4 Å². The van der Waals surface area contributed by atoms with Gasteiger partial charge >= 0.3 is 5.69 Å². The Hall–Kier alpha value is -3.78. The van der Waals surface area contributed by atoms with Crippen LogP contribution < -0.4 is 20.7 Å². The van der Waals surface area contributed by atoms with Crippen LogP contribution in [0.1, 0.15) is 31.2 Å². The molecule has 182 valence electrons. The number of rotatable bonds is 4. The van der Waals surface area contributed by atoms with Crippen molar-refractivity contribution in [1.82, 2.24) is 13.7 Å². The van der Waals surface area contributed by atoms with Gasteiger partial charge < -0.3 is 18.8 Å². The number of ether oxygens (including phenoxy) is 3. The van der Waals surface area contributed by atoms with Gasteiger partial charge in [-0.25, -0.2) is 4.79 Å². The Labute approximate surface area is 202 Å². The molecule has 0 amide bonds. The predicted octanol–water partition coefficient (Wildman–Crippen LogP) is 3.58. The van der Waals surface area contributed by atoms with Crippen molar-refractivity contribution in [2.45, 2.75) is 25.5 Å². The molecule has 4 aromatic rings. The summed E-state index contributed by atoms with van der Waals surface area (Å²) in [7, 11) is 6.40. The quantitative estimate of drug-likeness (QED) is 0.451. The zero-order valence-corrected chi connectivity index (χ0v) is 20.8. The maximum Gasteiger partial charge on any atom is 0.331 e. The van der Waals surface area contributed by atoms with Crippen LogP contribution in [0, 0.1) is 0 Å². The van der Waals surface area contributed by atoms with Crippen molar-refractivity contribution in [3.05, 3.63) is 80.6 Å². The number of hydrogen-bond acceptors (Lipinski definition) is 5. The lowest BCUT2D eigenvalue weighted by Crippen LogP contribution is -2.40. The highest BCUT2D eigenvalue weighted by molar-refractivity contribution is 5.96. The average molecular weight is 476 g/mol. The van der Waals surface area contributed by atoms with Gasteiger partial charge in [-0.2, -0.15) is 0 Å². The van der Waals surface area contributed by atoms with Crippen LogP contribution in [0.2, 0.25) is 0 Å². The van der Waals surface area contributed by atoms with E-state index >= 15 is 0 Å². The minimum Gasteiger partial charge on any atom is -0.493 e. The summed E-state index contributed by atoms with van der Waals surface area (Å²) in [5, 5.41) is 0.500. The molecule has 8 heteroatoms. The van der Waals surface area contributed by atoms with Crippen molar-refractivity contribution in [1.29, 1.82) is 0 Å². The lowest BCUT2D eigenvalue weighted by molar-refractivity contribution is -0.00716. The van der Waals surface area contributed by atoms with Crippen molar-refractivity contribution in [2.24, 2.45) is 14.1 Å². The third-order valence-electron chi connectivity index (χ3n) is 6.82. The number of fused-ring (bicyclic) bond motifs is 3. The first-order valence-corrected chi connectivity index (χ1v) is 11.4. The van der Waals surface area contributed by atoms with Crippen molar-refractivity contribution < 1.29 is 14.2 Å². The maximum absolute atomic E-state index is 13.6. The van der Waals surface area contributed by atoms with Crippen LogP contribution in [0.25, 0.3) is 22.2 Å². The Morgan fingerprint density at radius 3 is 2.29 bits per heavy atom. The van der Waals surface area contributed by atoms with E-state index in [-0.39, 0.29) is 11.2 Å². The second-order valence-corrected chi connectivity index (χ2v) is 9.48.